The van der Waals surface area contributed by atoms with Gasteiger partial charge in [0.25, 0.3) is 0 Å². The summed E-state index contributed by atoms with van der Waals surface area (Å²) in [6.07, 6.45) is 1.90. The van der Waals surface area contributed by atoms with E-state index in [1.165, 1.54) is 0 Å². The number of hydrazone groups is 1. The van der Waals surface area contributed by atoms with Crippen molar-refractivity contribution in [1.82, 2.24) is 9.99 Å². The van der Waals surface area contributed by atoms with E-state index in [1.54, 1.807) is 5.01 Å². The lowest BCUT2D eigenvalue weighted by Gasteiger charge is -2.07. The molecular weight excluding hydrogens is 174 g/mol. The van der Waals surface area contributed by atoms with Gasteiger partial charge in [-0.3, -0.25) is 9.99 Å². The fraction of sp³-hybridized carbons (Fsp3) is 0.273. The first-order valence-electron chi connectivity index (χ1n) is 4.45. The zero-order chi connectivity index (χ0) is 10.6. The Kier molecular flexibility index (Phi) is 3.40. The van der Waals surface area contributed by atoms with E-state index >= 15 is 0 Å². The van der Waals surface area contributed by atoms with Gasteiger partial charge in [0.1, 0.15) is 0 Å². The van der Waals surface area contributed by atoms with E-state index in [4.69, 9.17) is 0 Å². The quantitative estimate of drug-likeness (QED) is 0.539. The first kappa shape index (κ1) is 10.4. The average molecular weight is 189 g/mol. The molecule has 0 aliphatic carbocycles. The molecule has 14 heavy (non-hydrogen) atoms. The summed E-state index contributed by atoms with van der Waals surface area (Å²) in [6, 6.07) is 5.96. The molecule has 0 saturated carbocycles. The van der Waals surface area contributed by atoms with Crippen molar-refractivity contribution < 1.29 is 0 Å². The number of aryl methyl sites for hydroxylation is 1. The number of hydrogen-bond acceptors (Lipinski definition) is 3. The van der Waals surface area contributed by atoms with Gasteiger partial charge in [-0.05, 0) is 31.6 Å². The Labute approximate surface area is 84.8 Å². The lowest BCUT2D eigenvalue weighted by molar-refractivity contribution is 0.496. The Morgan fingerprint density at radius 1 is 1.57 bits per heavy atom. The highest BCUT2D eigenvalue weighted by Crippen LogP contribution is 2.11. The van der Waals surface area contributed by atoms with Crippen LogP contribution < -0.4 is 0 Å². The number of allylic oxidation sites excluding steroid dienone is 1. The monoisotopic (exact) mass is 189 g/mol. The summed E-state index contributed by atoms with van der Waals surface area (Å²) < 4.78 is 0. The van der Waals surface area contributed by atoms with Gasteiger partial charge in [-0.1, -0.05) is 6.07 Å². The van der Waals surface area contributed by atoms with E-state index in [0.29, 0.717) is 0 Å². The Bertz CT molecular complexity index is 355. The van der Waals surface area contributed by atoms with Crippen LogP contribution in [-0.2, 0) is 0 Å². The highest BCUT2D eigenvalue weighted by Gasteiger charge is 1.97. The number of pyridine rings is 1. The molecule has 0 radical (unpaired) electrons. The van der Waals surface area contributed by atoms with E-state index in [1.807, 2.05) is 45.3 Å². The van der Waals surface area contributed by atoms with Gasteiger partial charge in [0.05, 0.1) is 5.69 Å². The molecule has 1 aromatic rings. The molecule has 0 aliphatic heterocycles. The highest BCUT2D eigenvalue weighted by atomic mass is 15.4. The summed E-state index contributed by atoms with van der Waals surface area (Å²) in [4.78, 5) is 4.40. The first-order valence-corrected chi connectivity index (χ1v) is 4.45. The van der Waals surface area contributed by atoms with E-state index in [0.717, 1.165) is 17.0 Å². The van der Waals surface area contributed by atoms with Gasteiger partial charge in [-0.15, -0.1) is 0 Å². The minimum absolute atomic E-state index is 0.973. The van der Waals surface area contributed by atoms with E-state index in [-0.39, 0.29) is 0 Å². The molecule has 0 spiro atoms. The minimum atomic E-state index is 0.973. The largest absolute Gasteiger partial charge is 0.276 e. The van der Waals surface area contributed by atoms with Crippen LogP contribution in [0.4, 0.5) is 0 Å². The minimum Gasteiger partial charge on any atom is -0.276 e. The van der Waals surface area contributed by atoms with Gasteiger partial charge >= 0.3 is 0 Å². The molecule has 0 bridgehead atoms. The van der Waals surface area contributed by atoms with Crippen LogP contribution in [0.3, 0.4) is 0 Å². The molecule has 0 aliphatic rings. The van der Waals surface area contributed by atoms with Crippen LogP contribution in [0, 0.1) is 6.92 Å². The maximum absolute atomic E-state index is 4.40. The van der Waals surface area contributed by atoms with Crippen molar-refractivity contribution in [2.24, 2.45) is 5.10 Å². The summed E-state index contributed by atoms with van der Waals surface area (Å²) >= 11 is 0. The SMILES string of the molecule is C=NN(C)/C=C(\C)c1cccc(C)n1. The van der Waals surface area contributed by atoms with Crippen LogP contribution >= 0.6 is 0 Å². The summed E-state index contributed by atoms with van der Waals surface area (Å²) in [5, 5.41) is 5.42. The van der Waals surface area contributed by atoms with Gasteiger partial charge in [0.2, 0.25) is 0 Å². The van der Waals surface area contributed by atoms with Gasteiger partial charge in [-0.2, -0.15) is 5.10 Å². The Morgan fingerprint density at radius 2 is 2.29 bits per heavy atom. The zero-order valence-electron chi connectivity index (χ0n) is 8.86. The molecule has 0 atom stereocenters. The summed E-state index contributed by atoms with van der Waals surface area (Å²) in [6.45, 7) is 7.42. The summed E-state index contributed by atoms with van der Waals surface area (Å²) in [5.41, 5.74) is 3.06. The number of nitrogens with zero attached hydrogens (tertiary/aromatic N) is 3. The van der Waals surface area contributed by atoms with Gasteiger partial charge in [0.15, 0.2) is 0 Å². The third kappa shape index (κ3) is 2.69. The Morgan fingerprint density at radius 3 is 2.86 bits per heavy atom. The van der Waals surface area contributed by atoms with E-state index < -0.39 is 0 Å². The topological polar surface area (TPSA) is 28.5 Å². The van der Waals surface area contributed by atoms with Crippen LogP contribution in [0.5, 0.6) is 0 Å². The van der Waals surface area contributed by atoms with Gasteiger partial charge < -0.3 is 0 Å². The van der Waals surface area contributed by atoms with Crippen molar-refractivity contribution in [2.45, 2.75) is 13.8 Å². The van der Waals surface area contributed by atoms with E-state index in [9.17, 15) is 0 Å². The molecule has 0 fully saturated rings. The second kappa shape index (κ2) is 4.56. The Hall–Kier alpha value is -1.64. The molecule has 3 heteroatoms. The third-order valence-corrected chi connectivity index (χ3v) is 1.90. The van der Waals surface area contributed by atoms with Crippen LogP contribution in [0.25, 0.3) is 5.57 Å². The maximum Gasteiger partial charge on any atom is 0.0677 e. The van der Waals surface area contributed by atoms with E-state index in [2.05, 4.69) is 16.8 Å². The third-order valence-electron chi connectivity index (χ3n) is 1.90. The molecule has 1 heterocycles. The molecule has 0 aromatic carbocycles. The smallest absolute Gasteiger partial charge is 0.0677 e. The molecule has 0 amide bonds. The Balaban J connectivity index is 2.94. The van der Waals surface area contributed by atoms with Gasteiger partial charge in [0, 0.05) is 25.7 Å². The second-order valence-electron chi connectivity index (χ2n) is 3.19. The molecule has 0 N–H and O–H groups in total. The van der Waals surface area contributed by atoms with Crippen molar-refractivity contribution in [3.8, 4) is 0 Å². The number of aromatic nitrogens is 1. The van der Waals surface area contributed by atoms with Crippen molar-refractivity contribution in [2.75, 3.05) is 7.05 Å². The molecule has 3 nitrogen and oxygen atoms in total. The number of hydrogen-bond donors (Lipinski definition) is 0. The number of rotatable bonds is 3. The van der Waals surface area contributed by atoms with Crippen molar-refractivity contribution >= 4 is 12.3 Å². The predicted octanol–water partition coefficient (Wildman–Crippen LogP) is 2.30. The molecular formula is C11H15N3. The van der Waals surface area contributed by atoms with Crippen LogP contribution in [0.15, 0.2) is 29.5 Å². The second-order valence-corrected chi connectivity index (χ2v) is 3.19. The predicted molar refractivity (Wildman–Crippen MR) is 59.9 cm³/mol. The molecule has 74 valence electrons. The van der Waals surface area contributed by atoms with Crippen molar-refractivity contribution in [3.63, 3.8) is 0 Å². The normalized spacial score (nSPS) is 11.2. The molecule has 0 unspecified atom stereocenters. The lowest BCUT2D eigenvalue weighted by atomic mass is 10.2. The fourth-order valence-electron chi connectivity index (χ4n) is 1.15. The molecule has 0 saturated heterocycles. The summed E-state index contributed by atoms with van der Waals surface area (Å²) in [7, 11) is 1.84. The van der Waals surface area contributed by atoms with Crippen molar-refractivity contribution in [1.29, 1.82) is 0 Å². The van der Waals surface area contributed by atoms with Crippen LogP contribution in [0.2, 0.25) is 0 Å². The first-order chi connectivity index (χ1) is 6.63. The zero-order valence-corrected chi connectivity index (χ0v) is 8.86. The van der Waals surface area contributed by atoms with Crippen LogP contribution in [-0.4, -0.2) is 23.8 Å². The van der Waals surface area contributed by atoms with Gasteiger partial charge in [-0.25, -0.2) is 0 Å². The molecule has 1 rings (SSSR count). The standard InChI is InChI=1S/C11H15N3/c1-9(8-14(4)12-3)11-7-5-6-10(2)13-11/h5-8H,3H2,1-2,4H3/b9-8+. The average Bonchev–Trinajstić information content (AvgIpc) is 2.17. The van der Waals surface area contributed by atoms with Crippen LogP contribution in [0.1, 0.15) is 18.3 Å². The highest BCUT2D eigenvalue weighted by molar-refractivity contribution is 5.59. The maximum atomic E-state index is 4.40. The fourth-order valence-corrected chi connectivity index (χ4v) is 1.15. The van der Waals surface area contributed by atoms with Crippen molar-refractivity contribution in [3.05, 3.63) is 35.8 Å². The summed E-state index contributed by atoms with van der Waals surface area (Å²) in [5.74, 6) is 0. The lowest BCUT2D eigenvalue weighted by Crippen LogP contribution is -2.01. The molecule has 1 aromatic heterocycles.